The van der Waals surface area contributed by atoms with Crippen LogP contribution in [0.5, 0.6) is 0 Å². The van der Waals surface area contributed by atoms with E-state index in [1.165, 1.54) is 0 Å². The van der Waals surface area contributed by atoms with Gasteiger partial charge in [-0.25, -0.2) is 0 Å². The summed E-state index contributed by atoms with van der Waals surface area (Å²) in [5, 5.41) is 12.0. The molecular formula is C33H40O5. The van der Waals surface area contributed by atoms with E-state index < -0.39 is 56.4 Å². The number of ketones is 4. The lowest BCUT2D eigenvalue weighted by molar-refractivity contribution is -0.245. The van der Waals surface area contributed by atoms with Gasteiger partial charge < -0.3 is 5.11 Å². The summed E-state index contributed by atoms with van der Waals surface area (Å²) in [5.41, 5.74) is -4.71. The largest absolute Gasteiger partial charge is 0.392 e. The standard InChI is InChI=1S/C33H40O5/c1-18(2)14-15-31-16-22-23-25(35)29(5,6)21(19(3)4)17-32(23,26(31)36)28(38)33(27(31)37,30(22,7)8)24(34)20-12-10-9-11-13-20/h9-14,21-23,25,35H,3,15-17H2,1-2,4-8H3/t21-,22-,23-,25-,31+,32-,33+/m1/s1. The van der Waals surface area contributed by atoms with Crippen LogP contribution in [0, 0.1) is 44.8 Å². The molecule has 5 nitrogen and oxygen atoms in total. The predicted octanol–water partition coefficient (Wildman–Crippen LogP) is 5.56. The van der Waals surface area contributed by atoms with Gasteiger partial charge in [-0.05, 0) is 62.7 Å². The number of rotatable bonds is 5. The van der Waals surface area contributed by atoms with Gasteiger partial charge in [0.1, 0.15) is 0 Å². The van der Waals surface area contributed by atoms with Crippen LogP contribution in [0.4, 0.5) is 0 Å². The highest BCUT2D eigenvalue weighted by molar-refractivity contribution is 6.42. The minimum Gasteiger partial charge on any atom is -0.392 e. The van der Waals surface area contributed by atoms with Crippen LogP contribution >= 0.6 is 0 Å². The van der Waals surface area contributed by atoms with Crippen molar-refractivity contribution in [2.45, 2.75) is 73.8 Å². The summed E-state index contributed by atoms with van der Waals surface area (Å²) in [6.45, 7) is 17.5. The predicted molar refractivity (Wildman–Crippen MR) is 145 cm³/mol. The van der Waals surface area contributed by atoms with Crippen LogP contribution in [0.3, 0.4) is 0 Å². The molecule has 38 heavy (non-hydrogen) atoms. The van der Waals surface area contributed by atoms with Gasteiger partial charge in [0.05, 0.1) is 16.9 Å². The quantitative estimate of drug-likeness (QED) is 0.314. The smallest absolute Gasteiger partial charge is 0.184 e. The van der Waals surface area contributed by atoms with Gasteiger partial charge in [0.2, 0.25) is 0 Å². The van der Waals surface area contributed by atoms with Crippen molar-refractivity contribution in [1.82, 2.24) is 0 Å². The summed E-state index contributed by atoms with van der Waals surface area (Å²) in [7, 11) is 0. The van der Waals surface area contributed by atoms with Crippen LogP contribution < -0.4 is 0 Å². The molecule has 0 saturated heterocycles. The van der Waals surface area contributed by atoms with Crippen molar-refractivity contribution in [3.05, 3.63) is 59.7 Å². The van der Waals surface area contributed by atoms with Crippen molar-refractivity contribution in [2.75, 3.05) is 0 Å². The molecule has 5 heteroatoms. The van der Waals surface area contributed by atoms with Crippen LogP contribution in [0.25, 0.3) is 0 Å². The molecule has 4 bridgehead atoms. The summed E-state index contributed by atoms with van der Waals surface area (Å²) >= 11 is 0. The molecular weight excluding hydrogens is 476 g/mol. The first kappa shape index (κ1) is 26.9. The van der Waals surface area contributed by atoms with E-state index in [1.54, 1.807) is 30.3 Å². The van der Waals surface area contributed by atoms with E-state index in [0.717, 1.165) is 11.1 Å². The topological polar surface area (TPSA) is 88.5 Å². The Morgan fingerprint density at radius 1 is 0.974 bits per heavy atom. The van der Waals surface area contributed by atoms with Crippen molar-refractivity contribution in [3.8, 4) is 0 Å². The second-order valence-electron chi connectivity index (χ2n) is 13.9. The van der Waals surface area contributed by atoms with E-state index >= 15 is 4.79 Å². The Hall–Kier alpha value is -2.66. The lowest BCUT2D eigenvalue weighted by Gasteiger charge is -2.74. The van der Waals surface area contributed by atoms with Crippen LogP contribution in [0.15, 0.2) is 54.1 Å². The summed E-state index contributed by atoms with van der Waals surface area (Å²) in [5.74, 6) is -3.37. The maximum absolute atomic E-state index is 15.1. The van der Waals surface area contributed by atoms with Gasteiger partial charge in [0.15, 0.2) is 28.5 Å². The molecule has 0 radical (unpaired) electrons. The molecule has 0 aliphatic heterocycles. The molecule has 0 unspecified atom stereocenters. The lowest BCUT2D eigenvalue weighted by atomic mass is 9.24. The molecule has 1 N–H and O–H groups in total. The van der Waals surface area contributed by atoms with E-state index in [1.807, 2.05) is 54.5 Å². The molecule has 1 aromatic carbocycles. The summed E-state index contributed by atoms with van der Waals surface area (Å²) in [6, 6.07) is 8.53. The number of hydrogen-bond donors (Lipinski definition) is 1. The molecule has 202 valence electrons. The number of aliphatic hydroxyl groups excluding tert-OH is 1. The summed E-state index contributed by atoms with van der Waals surface area (Å²) < 4.78 is 0. The van der Waals surface area contributed by atoms with E-state index in [0.29, 0.717) is 5.56 Å². The number of carbonyl (C=O) groups is 4. The highest BCUT2D eigenvalue weighted by Crippen LogP contribution is 2.78. The van der Waals surface area contributed by atoms with Crippen LogP contribution in [0.2, 0.25) is 0 Å². The van der Waals surface area contributed by atoms with E-state index in [-0.39, 0.29) is 36.9 Å². The maximum Gasteiger partial charge on any atom is 0.184 e. The Bertz CT molecular complexity index is 1310. The van der Waals surface area contributed by atoms with Crippen LogP contribution in [0.1, 0.15) is 78.1 Å². The van der Waals surface area contributed by atoms with E-state index in [9.17, 15) is 19.5 Å². The number of hydrogen-bond acceptors (Lipinski definition) is 5. The van der Waals surface area contributed by atoms with E-state index in [4.69, 9.17) is 0 Å². The zero-order valence-corrected chi connectivity index (χ0v) is 23.7. The van der Waals surface area contributed by atoms with Gasteiger partial charge in [-0.3, -0.25) is 19.2 Å². The lowest BCUT2D eigenvalue weighted by Crippen LogP contribution is -2.86. The molecule has 0 heterocycles. The van der Waals surface area contributed by atoms with Crippen LogP contribution in [-0.2, 0) is 14.4 Å². The fraction of sp³-hybridized carbons (Fsp3) is 0.576. The Morgan fingerprint density at radius 3 is 2.13 bits per heavy atom. The third-order valence-corrected chi connectivity index (χ3v) is 11.2. The third-order valence-electron chi connectivity index (χ3n) is 11.2. The average molecular weight is 517 g/mol. The van der Waals surface area contributed by atoms with Crippen molar-refractivity contribution >= 4 is 23.1 Å². The first-order valence-electron chi connectivity index (χ1n) is 13.8. The Labute approximate surface area is 225 Å². The van der Waals surface area contributed by atoms with Crippen LogP contribution in [-0.4, -0.2) is 34.3 Å². The summed E-state index contributed by atoms with van der Waals surface area (Å²) in [4.78, 5) is 59.3. The molecule has 1 aromatic rings. The molecule has 7 atom stereocenters. The minimum absolute atomic E-state index is 0.169. The number of allylic oxidation sites excluding steroid dienone is 3. The summed E-state index contributed by atoms with van der Waals surface area (Å²) in [6.07, 6.45) is 1.52. The monoisotopic (exact) mass is 516 g/mol. The second-order valence-corrected chi connectivity index (χ2v) is 13.9. The minimum atomic E-state index is -1.99. The average Bonchev–Trinajstić information content (AvgIpc) is 2.84. The third kappa shape index (κ3) is 2.76. The number of aliphatic hydroxyl groups is 1. The fourth-order valence-electron chi connectivity index (χ4n) is 9.16. The van der Waals surface area contributed by atoms with Crippen molar-refractivity contribution in [2.24, 2.45) is 44.8 Å². The molecule has 5 fully saturated rings. The molecule has 5 aliphatic rings. The molecule has 5 aliphatic carbocycles. The van der Waals surface area contributed by atoms with Gasteiger partial charge in [-0.1, -0.05) is 81.8 Å². The van der Waals surface area contributed by atoms with Gasteiger partial charge in [-0.15, -0.1) is 0 Å². The van der Waals surface area contributed by atoms with Gasteiger partial charge >= 0.3 is 0 Å². The Kier molecular flexibility index (Phi) is 5.63. The highest BCUT2D eigenvalue weighted by Gasteiger charge is 2.89. The zero-order chi connectivity index (χ0) is 28.2. The molecule has 0 aromatic heterocycles. The van der Waals surface area contributed by atoms with Crippen molar-refractivity contribution < 1.29 is 24.3 Å². The second kappa shape index (κ2) is 7.94. The van der Waals surface area contributed by atoms with E-state index in [2.05, 4.69) is 6.58 Å². The molecule has 0 amide bonds. The number of carbonyl (C=O) groups excluding carboxylic acids is 4. The number of Topliss-reactive ketones (excluding diaryl/α,β-unsaturated/α-hetero) is 4. The Morgan fingerprint density at radius 2 is 1.58 bits per heavy atom. The first-order valence-corrected chi connectivity index (χ1v) is 13.8. The highest BCUT2D eigenvalue weighted by atomic mass is 16.3. The molecule has 5 saturated carbocycles. The van der Waals surface area contributed by atoms with Gasteiger partial charge in [0.25, 0.3) is 0 Å². The number of benzene rings is 1. The molecule has 6 rings (SSSR count). The zero-order valence-electron chi connectivity index (χ0n) is 23.7. The first-order chi connectivity index (χ1) is 17.6. The van der Waals surface area contributed by atoms with Crippen molar-refractivity contribution in [3.63, 3.8) is 0 Å². The molecule has 1 spiro atoms. The normalized spacial score (nSPS) is 40.1. The SMILES string of the molecule is C=C(C)[C@H]1C[C@]23C(=O)[C@]4(CC=C(C)C)C[C@H]([C@@H]2[C@@H](O)C1(C)C)C(C)(C)[C@@](C(=O)c1ccccc1)(C4=O)C3=O. The maximum atomic E-state index is 15.1. The van der Waals surface area contributed by atoms with Gasteiger partial charge in [-0.2, -0.15) is 0 Å². The Balaban J connectivity index is 1.87. The van der Waals surface area contributed by atoms with Gasteiger partial charge in [0, 0.05) is 11.5 Å². The van der Waals surface area contributed by atoms with Crippen molar-refractivity contribution in [1.29, 1.82) is 0 Å². The fourth-order valence-corrected chi connectivity index (χ4v) is 9.16.